The maximum Gasteiger partial charge on any atom is 0.333 e. The molecule has 0 aliphatic carbocycles. The molecule has 1 aliphatic rings. The molecule has 0 saturated carbocycles. The van der Waals surface area contributed by atoms with Crippen LogP contribution in [0.2, 0.25) is 5.02 Å². The Labute approximate surface area is 165 Å². The molecule has 2 aromatic rings. The number of hydrogen-bond donors (Lipinski definition) is 1. The first-order valence-electron chi connectivity index (χ1n) is 7.06. The van der Waals surface area contributed by atoms with Crippen molar-refractivity contribution in [3.8, 4) is 5.75 Å². The lowest BCUT2D eigenvalue weighted by Crippen LogP contribution is -2.30. The van der Waals surface area contributed by atoms with Gasteiger partial charge in [0.05, 0.1) is 21.7 Å². The van der Waals surface area contributed by atoms with Crippen molar-refractivity contribution in [3.05, 3.63) is 61.6 Å². The fraction of sp³-hybridized carbons (Fsp3) is 0.0588. The number of urea groups is 1. The van der Waals surface area contributed by atoms with Crippen molar-refractivity contribution < 1.29 is 14.3 Å². The molecule has 1 saturated heterocycles. The van der Waals surface area contributed by atoms with E-state index in [9.17, 15) is 9.59 Å². The van der Waals surface area contributed by atoms with Gasteiger partial charge in [0.15, 0.2) is 0 Å². The molecule has 3 rings (SSSR count). The molecule has 0 radical (unpaired) electrons. The van der Waals surface area contributed by atoms with Gasteiger partial charge in [0.2, 0.25) is 0 Å². The van der Waals surface area contributed by atoms with Gasteiger partial charge in [0, 0.05) is 5.02 Å². The summed E-state index contributed by atoms with van der Waals surface area (Å²) in [5.41, 5.74) is 1.36. The van der Waals surface area contributed by atoms with Gasteiger partial charge in [-0.15, -0.1) is 0 Å². The molecule has 5 nitrogen and oxygen atoms in total. The smallest absolute Gasteiger partial charge is 0.333 e. The van der Waals surface area contributed by atoms with Gasteiger partial charge >= 0.3 is 6.03 Å². The zero-order chi connectivity index (χ0) is 18.1. The Morgan fingerprint density at radius 2 is 1.72 bits per heavy atom. The lowest BCUT2D eigenvalue weighted by atomic mass is 10.2. The molecule has 0 atom stereocenters. The van der Waals surface area contributed by atoms with Crippen molar-refractivity contribution in [2.45, 2.75) is 0 Å². The minimum absolute atomic E-state index is 0.184. The number of ether oxygens (including phenoxy) is 1. The molecule has 128 valence electrons. The summed E-state index contributed by atoms with van der Waals surface area (Å²) >= 11 is 12.7. The minimum atomic E-state index is -0.509. The predicted molar refractivity (Wildman–Crippen MR) is 104 cm³/mol. The van der Waals surface area contributed by atoms with Crippen LogP contribution in [0, 0.1) is 0 Å². The van der Waals surface area contributed by atoms with Gasteiger partial charge in [-0.2, -0.15) is 0 Å². The summed E-state index contributed by atoms with van der Waals surface area (Å²) in [4.78, 5) is 25.8. The molecule has 0 bridgehead atoms. The van der Waals surface area contributed by atoms with Crippen molar-refractivity contribution in [2.24, 2.45) is 0 Å². The number of halogens is 3. The number of benzene rings is 2. The molecular weight excluding hydrogens is 475 g/mol. The summed E-state index contributed by atoms with van der Waals surface area (Å²) in [7, 11) is 1.56. The monoisotopic (exact) mass is 484 g/mol. The van der Waals surface area contributed by atoms with Crippen LogP contribution in [0.3, 0.4) is 0 Å². The van der Waals surface area contributed by atoms with Crippen molar-refractivity contribution in [2.75, 3.05) is 12.0 Å². The average molecular weight is 487 g/mol. The van der Waals surface area contributed by atoms with Crippen molar-refractivity contribution in [3.63, 3.8) is 0 Å². The van der Waals surface area contributed by atoms with Gasteiger partial charge in [-0.05, 0) is 79.9 Å². The molecule has 2 aromatic carbocycles. The van der Waals surface area contributed by atoms with Gasteiger partial charge in [0.1, 0.15) is 11.4 Å². The molecule has 0 spiro atoms. The first-order valence-corrected chi connectivity index (χ1v) is 9.03. The SMILES string of the molecule is COc1c(Br)cc(/C=C2/NC(=O)N(c3ccc(Cl)cc3)C2=O)cc1Br. The minimum Gasteiger partial charge on any atom is -0.494 e. The predicted octanol–water partition coefficient (Wildman–Crippen LogP) is 4.97. The van der Waals surface area contributed by atoms with Crippen LogP contribution in [0.25, 0.3) is 6.08 Å². The van der Waals surface area contributed by atoms with Crippen molar-refractivity contribution >= 4 is 67.2 Å². The normalized spacial score (nSPS) is 15.7. The van der Waals surface area contributed by atoms with E-state index in [1.165, 1.54) is 0 Å². The van der Waals surface area contributed by atoms with Crippen LogP contribution in [-0.2, 0) is 4.79 Å². The van der Waals surface area contributed by atoms with Gasteiger partial charge in [0.25, 0.3) is 5.91 Å². The molecule has 1 N–H and O–H groups in total. The fourth-order valence-electron chi connectivity index (χ4n) is 2.38. The number of imide groups is 1. The Morgan fingerprint density at radius 1 is 1.12 bits per heavy atom. The molecule has 1 heterocycles. The third-order valence-electron chi connectivity index (χ3n) is 3.50. The summed E-state index contributed by atoms with van der Waals surface area (Å²) in [6.45, 7) is 0. The van der Waals surface area contributed by atoms with Crippen LogP contribution in [0.15, 0.2) is 51.0 Å². The van der Waals surface area contributed by atoms with E-state index in [0.29, 0.717) is 16.5 Å². The second-order valence-electron chi connectivity index (χ2n) is 5.12. The van der Waals surface area contributed by atoms with Crippen molar-refractivity contribution in [1.29, 1.82) is 0 Å². The van der Waals surface area contributed by atoms with Gasteiger partial charge in [-0.1, -0.05) is 11.6 Å². The topological polar surface area (TPSA) is 58.6 Å². The quantitative estimate of drug-likeness (QED) is 0.492. The summed E-state index contributed by atoms with van der Waals surface area (Å²) in [6, 6.07) is 9.55. The second-order valence-corrected chi connectivity index (χ2v) is 7.27. The molecule has 0 aromatic heterocycles. The molecular formula is C17H11Br2ClN2O3. The maximum absolute atomic E-state index is 12.6. The number of rotatable bonds is 3. The summed E-state index contributed by atoms with van der Waals surface area (Å²) in [5.74, 6) is 0.210. The zero-order valence-electron chi connectivity index (χ0n) is 12.8. The number of nitrogens with zero attached hydrogens (tertiary/aromatic N) is 1. The van der Waals surface area contributed by atoms with E-state index in [1.807, 2.05) is 0 Å². The van der Waals surface area contributed by atoms with Crippen LogP contribution >= 0.6 is 43.5 Å². The lowest BCUT2D eigenvalue weighted by Gasteiger charge is -2.11. The number of amides is 3. The highest BCUT2D eigenvalue weighted by Crippen LogP contribution is 2.35. The van der Waals surface area contributed by atoms with E-state index < -0.39 is 11.9 Å². The molecule has 25 heavy (non-hydrogen) atoms. The van der Waals surface area contributed by atoms with E-state index in [1.54, 1.807) is 49.6 Å². The van der Waals surface area contributed by atoms with Crippen LogP contribution in [0.5, 0.6) is 5.75 Å². The maximum atomic E-state index is 12.6. The van der Waals surface area contributed by atoms with E-state index in [0.717, 1.165) is 19.4 Å². The van der Waals surface area contributed by atoms with E-state index in [-0.39, 0.29) is 5.70 Å². The highest BCUT2D eigenvalue weighted by molar-refractivity contribution is 9.11. The highest BCUT2D eigenvalue weighted by atomic mass is 79.9. The van der Waals surface area contributed by atoms with E-state index in [4.69, 9.17) is 16.3 Å². The Balaban J connectivity index is 1.94. The molecule has 8 heteroatoms. The van der Waals surface area contributed by atoms with Crippen LogP contribution in [0.4, 0.5) is 10.5 Å². The number of carbonyl (C=O) groups is 2. The Kier molecular flexibility index (Phi) is 5.17. The van der Waals surface area contributed by atoms with Crippen LogP contribution in [-0.4, -0.2) is 19.0 Å². The average Bonchev–Trinajstić information content (AvgIpc) is 2.82. The number of carbonyl (C=O) groups excluding carboxylic acids is 2. The van der Waals surface area contributed by atoms with E-state index in [2.05, 4.69) is 37.2 Å². The zero-order valence-corrected chi connectivity index (χ0v) is 16.8. The third-order valence-corrected chi connectivity index (χ3v) is 4.93. The Hall–Kier alpha value is -1.83. The molecule has 3 amide bonds. The van der Waals surface area contributed by atoms with Crippen molar-refractivity contribution in [1.82, 2.24) is 5.32 Å². The fourth-order valence-corrected chi connectivity index (χ4v) is 4.06. The Morgan fingerprint density at radius 3 is 2.28 bits per heavy atom. The molecule has 1 aliphatic heterocycles. The first-order chi connectivity index (χ1) is 11.9. The first kappa shape index (κ1) is 18.0. The number of methoxy groups -OCH3 is 1. The van der Waals surface area contributed by atoms with Crippen LogP contribution in [0.1, 0.15) is 5.56 Å². The lowest BCUT2D eigenvalue weighted by molar-refractivity contribution is -0.113. The third kappa shape index (κ3) is 3.58. The van der Waals surface area contributed by atoms with Gasteiger partial charge in [-0.3, -0.25) is 4.79 Å². The van der Waals surface area contributed by atoms with E-state index >= 15 is 0 Å². The highest BCUT2D eigenvalue weighted by Gasteiger charge is 2.34. The number of hydrogen-bond acceptors (Lipinski definition) is 3. The largest absolute Gasteiger partial charge is 0.494 e. The van der Waals surface area contributed by atoms with Crippen LogP contribution < -0.4 is 15.0 Å². The second kappa shape index (κ2) is 7.19. The van der Waals surface area contributed by atoms with Gasteiger partial charge < -0.3 is 10.1 Å². The summed E-state index contributed by atoms with van der Waals surface area (Å²) in [6.07, 6.45) is 1.60. The molecule has 1 fully saturated rings. The Bertz CT molecular complexity index is 874. The number of anilines is 1. The van der Waals surface area contributed by atoms with Gasteiger partial charge in [-0.25, -0.2) is 9.69 Å². The number of nitrogens with one attached hydrogen (secondary N) is 1. The molecule has 0 unspecified atom stereocenters. The summed E-state index contributed by atoms with van der Waals surface area (Å²) < 4.78 is 6.70. The summed E-state index contributed by atoms with van der Waals surface area (Å²) in [5, 5.41) is 3.11. The standard InChI is InChI=1S/C17H11Br2ClN2O3/c1-25-15-12(18)6-9(7-13(15)19)8-14-16(23)22(17(24)21-14)11-4-2-10(20)3-5-11/h2-8H,1H3,(H,21,24)/b14-8+.